The lowest BCUT2D eigenvalue weighted by molar-refractivity contribution is -0.385. The molecule has 0 saturated carbocycles. The summed E-state index contributed by atoms with van der Waals surface area (Å²) in [5.41, 5.74) is 0.112. The molecule has 0 aliphatic heterocycles. The highest BCUT2D eigenvalue weighted by Gasteiger charge is 2.17. The van der Waals surface area contributed by atoms with Crippen molar-refractivity contribution in [3.05, 3.63) is 62.1 Å². The van der Waals surface area contributed by atoms with Crippen LogP contribution in [-0.2, 0) is 0 Å². The Kier molecular flexibility index (Phi) is 4.22. The van der Waals surface area contributed by atoms with Crippen molar-refractivity contribution >= 4 is 35.2 Å². The van der Waals surface area contributed by atoms with Crippen LogP contribution in [0.3, 0.4) is 0 Å². The van der Waals surface area contributed by atoms with Gasteiger partial charge in [0.05, 0.1) is 9.95 Å². The molecular weight excluding hydrogens is 305 g/mol. The van der Waals surface area contributed by atoms with Gasteiger partial charge in [-0.3, -0.25) is 14.9 Å². The third-order valence-corrected chi connectivity index (χ3v) is 2.96. The first-order valence-electron chi connectivity index (χ1n) is 5.38. The first-order chi connectivity index (χ1) is 9.51. The minimum atomic E-state index is -0.602. The highest BCUT2D eigenvalue weighted by atomic mass is 35.5. The number of rotatable bonds is 4. The molecule has 0 aliphatic rings. The smallest absolute Gasteiger partial charge is 0.313 e. The Balaban J connectivity index is 2.39. The number of benzene rings is 2. The van der Waals surface area contributed by atoms with Gasteiger partial charge in [-0.05, 0) is 30.3 Å². The number of halogens is 2. The summed E-state index contributed by atoms with van der Waals surface area (Å²) in [4.78, 5) is 20.9. The average molecular weight is 312 g/mol. The number of aldehydes is 1. The van der Waals surface area contributed by atoms with Crippen molar-refractivity contribution in [1.29, 1.82) is 0 Å². The summed E-state index contributed by atoms with van der Waals surface area (Å²) in [6, 6.07) is 8.40. The molecule has 102 valence electrons. The number of nitrogens with zero attached hydrogens (tertiary/aromatic N) is 1. The van der Waals surface area contributed by atoms with Crippen molar-refractivity contribution in [2.45, 2.75) is 0 Å². The van der Waals surface area contributed by atoms with Crippen LogP contribution in [0, 0.1) is 10.1 Å². The fourth-order valence-electron chi connectivity index (χ4n) is 1.51. The van der Waals surface area contributed by atoms with E-state index in [0.717, 1.165) is 0 Å². The Hall–Kier alpha value is -2.11. The lowest BCUT2D eigenvalue weighted by Gasteiger charge is -2.08. The summed E-state index contributed by atoms with van der Waals surface area (Å²) >= 11 is 11.7. The Morgan fingerprint density at radius 1 is 1.10 bits per heavy atom. The highest BCUT2D eigenvalue weighted by Crippen LogP contribution is 2.36. The molecule has 0 unspecified atom stereocenters. The van der Waals surface area contributed by atoms with E-state index in [1.54, 1.807) is 0 Å². The predicted molar refractivity (Wildman–Crippen MR) is 75.0 cm³/mol. The predicted octanol–water partition coefficient (Wildman–Crippen LogP) is 4.51. The number of ether oxygens (including phenoxy) is 1. The van der Waals surface area contributed by atoms with E-state index in [1.165, 1.54) is 36.4 Å². The maximum atomic E-state index is 10.9. The molecule has 2 rings (SSSR count). The van der Waals surface area contributed by atoms with Crippen molar-refractivity contribution < 1.29 is 14.5 Å². The maximum absolute atomic E-state index is 10.9. The van der Waals surface area contributed by atoms with E-state index in [9.17, 15) is 14.9 Å². The summed E-state index contributed by atoms with van der Waals surface area (Å²) in [7, 11) is 0. The first-order valence-corrected chi connectivity index (χ1v) is 6.13. The van der Waals surface area contributed by atoms with Crippen molar-refractivity contribution in [2.24, 2.45) is 0 Å². The molecular formula is C13H7Cl2NO4. The quantitative estimate of drug-likeness (QED) is 0.473. The summed E-state index contributed by atoms with van der Waals surface area (Å²) in [6.07, 6.45) is 0.639. The molecule has 0 radical (unpaired) electrons. The summed E-state index contributed by atoms with van der Waals surface area (Å²) in [5.74, 6) is 0.225. The van der Waals surface area contributed by atoms with Crippen molar-refractivity contribution in [3.63, 3.8) is 0 Å². The second-order valence-corrected chi connectivity index (χ2v) is 4.62. The molecule has 20 heavy (non-hydrogen) atoms. The van der Waals surface area contributed by atoms with Gasteiger partial charge in [0.15, 0.2) is 0 Å². The van der Waals surface area contributed by atoms with Gasteiger partial charge < -0.3 is 4.74 Å². The van der Waals surface area contributed by atoms with Crippen LogP contribution in [0.25, 0.3) is 0 Å². The molecule has 0 amide bonds. The van der Waals surface area contributed by atoms with E-state index >= 15 is 0 Å². The second kappa shape index (κ2) is 5.90. The molecule has 0 N–H and O–H groups in total. The van der Waals surface area contributed by atoms with Crippen LogP contribution >= 0.6 is 23.2 Å². The minimum absolute atomic E-state index is 0.0140. The van der Waals surface area contributed by atoms with E-state index in [-0.39, 0.29) is 27.2 Å². The zero-order chi connectivity index (χ0) is 14.7. The van der Waals surface area contributed by atoms with Crippen LogP contribution in [0.1, 0.15) is 10.4 Å². The van der Waals surface area contributed by atoms with Gasteiger partial charge >= 0.3 is 5.69 Å². The molecule has 2 aromatic carbocycles. The minimum Gasteiger partial charge on any atom is -0.449 e. The zero-order valence-electron chi connectivity index (χ0n) is 9.88. The molecule has 5 nitrogen and oxygen atoms in total. The van der Waals surface area contributed by atoms with Crippen LogP contribution in [0.2, 0.25) is 10.0 Å². The van der Waals surface area contributed by atoms with Gasteiger partial charge in [0.1, 0.15) is 12.0 Å². The largest absolute Gasteiger partial charge is 0.449 e. The van der Waals surface area contributed by atoms with Crippen LogP contribution in [0.5, 0.6) is 11.5 Å². The Morgan fingerprint density at radius 3 is 2.40 bits per heavy atom. The maximum Gasteiger partial charge on any atom is 0.313 e. The van der Waals surface area contributed by atoms with E-state index in [1.807, 2.05) is 0 Å². The molecule has 0 aliphatic carbocycles. The van der Waals surface area contributed by atoms with Crippen LogP contribution in [-0.4, -0.2) is 11.2 Å². The van der Waals surface area contributed by atoms with Gasteiger partial charge in [0.25, 0.3) is 0 Å². The monoisotopic (exact) mass is 311 g/mol. The molecule has 0 saturated heterocycles. The lowest BCUT2D eigenvalue weighted by atomic mass is 10.2. The second-order valence-electron chi connectivity index (χ2n) is 3.78. The van der Waals surface area contributed by atoms with Crippen molar-refractivity contribution in [1.82, 2.24) is 0 Å². The Bertz CT molecular complexity index is 688. The molecule has 2 aromatic rings. The first kappa shape index (κ1) is 14.3. The molecule has 0 heterocycles. The third kappa shape index (κ3) is 3.07. The molecule has 0 bridgehead atoms. The number of hydrogen-bond acceptors (Lipinski definition) is 4. The summed E-state index contributed by atoms with van der Waals surface area (Å²) in [6.45, 7) is 0. The lowest BCUT2D eigenvalue weighted by Crippen LogP contribution is -1.94. The van der Waals surface area contributed by atoms with E-state index < -0.39 is 4.92 Å². The normalized spacial score (nSPS) is 10.1. The van der Waals surface area contributed by atoms with Gasteiger partial charge in [0, 0.05) is 16.7 Å². The molecule has 7 heteroatoms. The number of carbonyl (C=O) groups is 1. The number of nitro groups is 1. The molecule has 0 aromatic heterocycles. The van der Waals surface area contributed by atoms with Gasteiger partial charge in [-0.25, -0.2) is 0 Å². The van der Waals surface area contributed by atoms with E-state index in [4.69, 9.17) is 27.9 Å². The summed E-state index contributed by atoms with van der Waals surface area (Å²) < 4.78 is 5.41. The van der Waals surface area contributed by atoms with Gasteiger partial charge in [0.2, 0.25) is 5.75 Å². The third-order valence-electron chi connectivity index (χ3n) is 2.43. The van der Waals surface area contributed by atoms with Crippen molar-refractivity contribution in [2.75, 3.05) is 0 Å². The number of nitro benzene ring substituents is 1. The SMILES string of the molecule is O=Cc1ccc(Oc2ccc(Cl)cc2[N+](=O)[O-])c(Cl)c1. The van der Waals surface area contributed by atoms with Crippen LogP contribution in [0.4, 0.5) is 5.69 Å². The number of carbonyl (C=O) groups excluding carboxylic acids is 1. The Labute approximate surface area is 123 Å². The standard InChI is InChI=1S/C13H7Cl2NO4/c14-9-2-4-13(11(6-9)16(18)19)20-12-3-1-8(7-17)5-10(12)15/h1-7H. The van der Waals surface area contributed by atoms with Gasteiger partial charge in [-0.15, -0.1) is 0 Å². The zero-order valence-corrected chi connectivity index (χ0v) is 11.4. The van der Waals surface area contributed by atoms with E-state index in [0.29, 0.717) is 11.8 Å². The van der Waals surface area contributed by atoms with E-state index in [2.05, 4.69) is 0 Å². The Morgan fingerprint density at radius 2 is 1.80 bits per heavy atom. The fraction of sp³-hybridized carbons (Fsp3) is 0. The molecule has 0 fully saturated rings. The van der Waals surface area contributed by atoms with Gasteiger partial charge in [-0.1, -0.05) is 23.2 Å². The van der Waals surface area contributed by atoms with Crippen LogP contribution < -0.4 is 4.74 Å². The molecule has 0 atom stereocenters. The highest BCUT2D eigenvalue weighted by molar-refractivity contribution is 6.32. The van der Waals surface area contributed by atoms with Crippen molar-refractivity contribution in [3.8, 4) is 11.5 Å². The topological polar surface area (TPSA) is 69.4 Å². The number of hydrogen-bond donors (Lipinski definition) is 0. The average Bonchev–Trinajstić information content (AvgIpc) is 2.42. The van der Waals surface area contributed by atoms with Gasteiger partial charge in [-0.2, -0.15) is 0 Å². The van der Waals surface area contributed by atoms with Crippen LogP contribution in [0.15, 0.2) is 36.4 Å². The molecule has 0 spiro atoms. The summed E-state index contributed by atoms with van der Waals surface area (Å²) in [5, 5.41) is 11.3. The fourth-order valence-corrected chi connectivity index (χ4v) is 1.91.